The standard InChI is InChI=1S/C17H28N2O/c1-4-16(18-5-2)15-9-6-7-10-17(15)19-11-8-12-20-14(3)13-19/h6-7,9-10,14,16,18H,4-5,8,11-13H2,1-3H3. The van der Waals surface area contributed by atoms with Crippen molar-refractivity contribution in [3.63, 3.8) is 0 Å². The summed E-state index contributed by atoms with van der Waals surface area (Å²) in [7, 11) is 0. The van der Waals surface area contributed by atoms with Crippen LogP contribution in [0.1, 0.15) is 45.2 Å². The van der Waals surface area contributed by atoms with Crippen LogP contribution in [0.3, 0.4) is 0 Å². The summed E-state index contributed by atoms with van der Waals surface area (Å²) in [6.45, 7) is 10.5. The Morgan fingerprint density at radius 3 is 2.90 bits per heavy atom. The van der Waals surface area contributed by atoms with Crippen molar-refractivity contribution in [3.05, 3.63) is 29.8 Å². The normalized spacial score (nSPS) is 21.6. The third kappa shape index (κ3) is 3.74. The first kappa shape index (κ1) is 15.3. The number of anilines is 1. The van der Waals surface area contributed by atoms with Gasteiger partial charge in [0.25, 0.3) is 0 Å². The predicted molar refractivity (Wildman–Crippen MR) is 85.4 cm³/mol. The number of hydrogen-bond acceptors (Lipinski definition) is 3. The zero-order chi connectivity index (χ0) is 14.4. The molecule has 3 heteroatoms. The van der Waals surface area contributed by atoms with Gasteiger partial charge in [-0.2, -0.15) is 0 Å². The van der Waals surface area contributed by atoms with Gasteiger partial charge in [0.05, 0.1) is 6.10 Å². The van der Waals surface area contributed by atoms with E-state index in [1.54, 1.807) is 0 Å². The highest BCUT2D eigenvalue weighted by Gasteiger charge is 2.20. The number of nitrogens with one attached hydrogen (secondary N) is 1. The highest BCUT2D eigenvalue weighted by Crippen LogP contribution is 2.29. The first-order chi connectivity index (χ1) is 9.76. The second-order valence-electron chi connectivity index (χ2n) is 5.56. The minimum atomic E-state index is 0.310. The maximum Gasteiger partial charge on any atom is 0.0721 e. The molecular formula is C17H28N2O. The van der Waals surface area contributed by atoms with Gasteiger partial charge >= 0.3 is 0 Å². The summed E-state index contributed by atoms with van der Waals surface area (Å²) in [5, 5.41) is 3.60. The van der Waals surface area contributed by atoms with Crippen molar-refractivity contribution in [2.75, 3.05) is 31.1 Å². The fraction of sp³-hybridized carbons (Fsp3) is 0.647. The number of para-hydroxylation sites is 1. The highest BCUT2D eigenvalue weighted by molar-refractivity contribution is 5.55. The van der Waals surface area contributed by atoms with Gasteiger partial charge in [-0.05, 0) is 37.9 Å². The Balaban J connectivity index is 2.25. The molecule has 0 amide bonds. The van der Waals surface area contributed by atoms with Gasteiger partial charge in [0, 0.05) is 31.4 Å². The second kappa shape index (κ2) is 7.65. The van der Waals surface area contributed by atoms with Gasteiger partial charge in [-0.25, -0.2) is 0 Å². The molecule has 1 heterocycles. The van der Waals surface area contributed by atoms with E-state index in [9.17, 15) is 0 Å². The van der Waals surface area contributed by atoms with Crippen LogP contribution in [0.4, 0.5) is 5.69 Å². The van der Waals surface area contributed by atoms with Gasteiger partial charge in [0.2, 0.25) is 0 Å². The molecule has 1 N–H and O–H groups in total. The molecule has 0 saturated carbocycles. The van der Waals surface area contributed by atoms with Gasteiger partial charge in [-0.15, -0.1) is 0 Å². The van der Waals surface area contributed by atoms with Crippen LogP contribution in [-0.2, 0) is 4.74 Å². The van der Waals surface area contributed by atoms with Crippen LogP contribution < -0.4 is 10.2 Å². The molecule has 0 radical (unpaired) electrons. The number of ether oxygens (including phenoxy) is 1. The number of hydrogen-bond donors (Lipinski definition) is 1. The van der Waals surface area contributed by atoms with E-state index in [-0.39, 0.29) is 0 Å². The molecule has 1 saturated heterocycles. The van der Waals surface area contributed by atoms with E-state index in [0.29, 0.717) is 12.1 Å². The van der Waals surface area contributed by atoms with Crippen LogP contribution in [0.15, 0.2) is 24.3 Å². The first-order valence-electron chi connectivity index (χ1n) is 7.95. The van der Waals surface area contributed by atoms with E-state index in [1.807, 2.05) is 0 Å². The van der Waals surface area contributed by atoms with E-state index >= 15 is 0 Å². The Morgan fingerprint density at radius 1 is 1.35 bits per heavy atom. The van der Waals surface area contributed by atoms with Crippen molar-refractivity contribution in [2.24, 2.45) is 0 Å². The van der Waals surface area contributed by atoms with Crippen LogP contribution in [0, 0.1) is 0 Å². The SMILES string of the molecule is CCNC(CC)c1ccccc1N1CCCOC(C)C1. The molecule has 1 aromatic carbocycles. The van der Waals surface area contributed by atoms with Crippen LogP contribution in [0.25, 0.3) is 0 Å². The van der Waals surface area contributed by atoms with Crippen molar-refractivity contribution in [1.29, 1.82) is 0 Å². The molecule has 1 aliphatic heterocycles. The molecule has 3 nitrogen and oxygen atoms in total. The topological polar surface area (TPSA) is 24.5 Å². The highest BCUT2D eigenvalue weighted by atomic mass is 16.5. The largest absolute Gasteiger partial charge is 0.377 e. The fourth-order valence-corrected chi connectivity index (χ4v) is 3.00. The quantitative estimate of drug-likeness (QED) is 0.892. The molecule has 0 bridgehead atoms. The molecule has 2 atom stereocenters. The molecule has 1 aliphatic rings. The summed E-state index contributed by atoms with van der Waals surface area (Å²) < 4.78 is 5.77. The molecule has 0 aliphatic carbocycles. The Hall–Kier alpha value is -1.06. The van der Waals surface area contributed by atoms with Gasteiger partial charge in [0.15, 0.2) is 0 Å². The van der Waals surface area contributed by atoms with Crippen molar-refractivity contribution in [2.45, 2.75) is 45.8 Å². The van der Waals surface area contributed by atoms with Crippen molar-refractivity contribution in [1.82, 2.24) is 5.32 Å². The summed E-state index contributed by atoms with van der Waals surface area (Å²) >= 11 is 0. The molecule has 112 valence electrons. The first-order valence-corrected chi connectivity index (χ1v) is 7.95. The van der Waals surface area contributed by atoms with Crippen molar-refractivity contribution in [3.8, 4) is 0 Å². The smallest absolute Gasteiger partial charge is 0.0721 e. The van der Waals surface area contributed by atoms with Crippen molar-refractivity contribution < 1.29 is 4.74 Å². The van der Waals surface area contributed by atoms with Gasteiger partial charge < -0.3 is 15.0 Å². The number of nitrogens with zero attached hydrogens (tertiary/aromatic N) is 1. The van der Waals surface area contributed by atoms with E-state index in [0.717, 1.165) is 39.1 Å². The van der Waals surface area contributed by atoms with Crippen molar-refractivity contribution >= 4 is 5.69 Å². The van der Waals surface area contributed by atoms with E-state index in [2.05, 4.69) is 55.3 Å². The average Bonchev–Trinajstić information content (AvgIpc) is 2.69. The summed E-state index contributed by atoms with van der Waals surface area (Å²) in [6.07, 6.45) is 2.53. The molecule has 1 fully saturated rings. The van der Waals surface area contributed by atoms with Crippen LogP contribution in [0.2, 0.25) is 0 Å². The van der Waals surface area contributed by atoms with E-state index in [4.69, 9.17) is 4.74 Å². The third-order valence-corrected chi connectivity index (χ3v) is 3.96. The minimum absolute atomic E-state index is 0.310. The summed E-state index contributed by atoms with van der Waals surface area (Å²) in [5.74, 6) is 0. The number of benzene rings is 1. The van der Waals surface area contributed by atoms with E-state index < -0.39 is 0 Å². The monoisotopic (exact) mass is 276 g/mol. The molecular weight excluding hydrogens is 248 g/mol. The second-order valence-corrected chi connectivity index (χ2v) is 5.56. The predicted octanol–water partition coefficient (Wildman–Crippen LogP) is 3.36. The Bertz CT molecular complexity index is 408. The third-order valence-electron chi connectivity index (χ3n) is 3.96. The average molecular weight is 276 g/mol. The molecule has 2 rings (SSSR count). The molecule has 2 unspecified atom stereocenters. The Labute approximate surface area is 123 Å². The molecule has 0 aromatic heterocycles. The maximum atomic E-state index is 5.77. The zero-order valence-corrected chi connectivity index (χ0v) is 13.1. The lowest BCUT2D eigenvalue weighted by atomic mass is 10.0. The Kier molecular flexibility index (Phi) is 5.86. The van der Waals surface area contributed by atoms with Crippen LogP contribution in [-0.4, -0.2) is 32.3 Å². The van der Waals surface area contributed by atoms with E-state index in [1.165, 1.54) is 11.3 Å². The summed E-state index contributed by atoms with van der Waals surface area (Å²) in [5.41, 5.74) is 2.80. The lowest BCUT2D eigenvalue weighted by Gasteiger charge is -2.29. The Morgan fingerprint density at radius 2 is 2.15 bits per heavy atom. The summed E-state index contributed by atoms with van der Waals surface area (Å²) in [4.78, 5) is 2.49. The lowest BCUT2D eigenvalue weighted by molar-refractivity contribution is 0.0820. The van der Waals surface area contributed by atoms with Crippen LogP contribution in [0.5, 0.6) is 0 Å². The zero-order valence-electron chi connectivity index (χ0n) is 13.1. The fourth-order valence-electron chi connectivity index (χ4n) is 3.00. The maximum absolute atomic E-state index is 5.77. The van der Waals surface area contributed by atoms with Gasteiger partial charge in [-0.1, -0.05) is 32.0 Å². The number of rotatable bonds is 5. The molecule has 20 heavy (non-hydrogen) atoms. The molecule has 1 aromatic rings. The van der Waals surface area contributed by atoms with Crippen LogP contribution >= 0.6 is 0 Å². The van der Waals surface area contributed by atoms with Gasteiger partial charge in [-0.3, -0.25) is 0 Å². The van der Waals surface area contributed by atoms with Gasteiger partial charge in [0.1, 0.15) is 0 Å². The summed E-state index contributed by atoms with van der Waals surface area (Å²) in [6, 6.07) is 9.26. The molecule has 0 spiro atoms. The lowest BCUT2D eigenvalue weighted by Crippen LogP contribution is -2.32. The minimum Gasteiger partial charge on any atom is -0.377 e.